The maximum Gasteiger partial charge on any atom is 0.336 e. The van der Waals surface area contributed by atoms with Crippen LogP contribution < -0.4 is 5.32 Å². The zero-order valence-electron chi connectivity index (χ0n) is 13.9. The Kier molecular flexibility index (Phi) is 6.82. The molecule has 6 heteroatoms. The van der Waals surface area contributed by atoms with Crippen molar-refractivity contribution < 1.29 is 19.1 Å². The summed E-state index contributed by atoms with van der Waals surface area (Å²) in [5.41, 5.74) is 1.70. The predicted molar refractivity (Wildman–Crippen MR) is 91.7 cm³/mol. The van der Waals surface area contributed by atoms with Gasteiger partial charge in [0.05, 0.1) is 12.2 Å². The molecule has 0 spiro atoms. The lowest BCUT2D eigenvalue weighted by molar-refractivity contribution is -0.141. The highest BCUT2D eigenvalue weighted by atomic mass is 35.5. The minimum Gasteiger partial charge on any atom is -0.460 e. The van der Waals surface area contributed by atoms with Crippen molar-refractivity contribution in [1.82, 2.24) is 5.32 Å². The van der Waals surface area contributed by atoms with Crippen molar-refractivity contribution >= 4 is 23.5 Å². The molecule has 0 unspecified atom stereocenters. The molecule has 0 saturated carbocycles. The average Bonchev–Trinajstić information content (AvgIpc) is 2.54. The van der Waals surface area contributed by atoms with E-state index < -0.39 is 11.9 Å². The van der Waals surface area contributed by atoms with Gasteiger partial charge in [0.2, 0.25) is 5.91 Å². The molecule has 1 aliphatic rings. The van der Waals surface area contributed by atoms with E-state index in [0.29, 0.717) is 29.5 Å². The quantitative estimate of drug-likeness (QED) is 0.605. The summed E-state index contributed by atoms with van der Waals surface area (Å²) in [7, 11) is 0. The van der Waals surface area contributed by atoms with Crippen molar-refractivity contribution in [3.8, 4) is 0 Å². The van der Waals surface area contributed by atoms with E-state index in [4.69, 9.17) is 21.1 Å². The van der Waals surface area contributed by atoms with Crippen molar-refractivity contribution in [3.05, 3.63) is 46.1 Å². The molecular formula is C18H22ClNO4. The van der Waals surface area contributed by atoms with Gasteiger partial charge in [-0.15, -0.1) is 0 Å². The van der Waals surface area contributed by atoms with E-state index in [0.717, 1.165) is 12.0 Å². The first kappa shape index (κ1) is 18.5. The molecule has 130 valence electrons. The fourth-order valence-corrected chi connectivity index (χ4v) is 2.98. The molecule has 0 aliphatic carbocycles. The highest BCUT2D eigenvalue weighted by Crippen LogP contribution is 2.36. The lowest BCUT2D eigenvalue weighted by atomic mass is 9.84. The SMILES string of the molecule is CCCOCCOC(=O)C1=C(C)NC(=O)C[C@H]1c1ccccc1Cl. The van der Waals surface area contributed by atoms with Crippen LogP contribution in [-0.4, -0.2) is 31.7 Å². The van der Waals surface area contributed by atoms with Gasteiger partial charge >= 0.3 is 5.97 Å². The molecule has 1 N–H and O–H groups in total. The molecule has 0 saturated heterocycles. The second kappa shape index (κ2) is 8.85. The van der Waals surface area contributed by atoms with Crippen LogP contribution in [0.3, 0.4) is 0 Å². The van der Waals surface area contributed by atoms with Gasteiger partial charge in [0.1, 0.15) is 6.61 Å². The number of carbonyl (C=O) groups excluding carboxylic acids is 2. The number of hydrogen-bond acceptors (Lipinski definition) is 4. The average molecular weight is 352 g/mol. The van der Waals surface area contributed by atoms with E-state index in [1.807, 2.05) is 25.1 Å². The van der Waals surface area contributed by atoms with Gasteiger partial charge in [-0.25, -0.2) is 4.79 Å². The Bertz CT molecular complexity index is 642. The number of carbonyl (C=O) groups is 2. The molecule has 5 nitrogen and oxygen atoms in total. The number of rotatable bonds is 7. The van der Waals surface area contributed by atoms with Crippen molar-refractivity contribution in [3.63, 3.8) is 0 Å². The number of amides is 1. The molecule has 2 rings (SSSR count). The van der Waals surface area contributed by atoms with E-state index in [1.165, 1.54) is 0 Å². The highest BCUT2D eigenvalue weighted by molar-refractivity contribution is 6.31. The van der Waals surface area contributed by atoms with Gasteiger partial charge in [-0.2, -0.15) is 0 Å². The second-order valence-electron chi connectivity index (χ2n) is 5.61. The molecule has 0 radical (unpaired) electrons. The van der Waals surface area contributed by atoms with Crippen LogP contribution in [0.1, 0.15) is 38.2 Å². The van der Waals surface area contributed by atoms with Crippen molar-refractivity contribution in [2.24, 2.45) is 0 Å². The molecule has 1 aromatic rings. The van der Waals surface area contributed by atoms with Crippen molar-refractivity contribution in [2.75, 3.05) is 19.8 Å². The first-order chi connectivity index (χ1) is 11.5. The third-order valence-electron chi connectivity index (χ3n) is 3.78. The van der Waals surface area contributed by atoms with Gasteiger partial charge in [0.15, 0.2) is 0 Å². The van der Waals surface area contributed by atoms with Crippen molar-refractivity contribution in [2.45, 2.75) is 32.6 Å². The molecule has 1 atom stereocenters. The van der Waals surface area contributed by atoms with Crippen LogP contribution in [-0.2, 0) is 19.1 Å². The number of hydrogen-bond donors (Lipinski definition) is 1. The minimum absolute atomic E-state index is 0.139. The Morgan fingerprint density at radius 3 is 2.75 bits per heavy atom. The maximum absolute atomic E-state index is 12.5. The van der Waals surface area contributed by atoms with Crippen LogP contribution >= 0.6 is 11.6 Å². The number of benzene rings is 1. The zero-order valence-corrected chi connectivity index (χ0v) is 14.7. The number of halogens is 1. The minimum atomic E-state index is -0.447. The number of nitrogens with one attached hydrogen (secondary N) is 1. The maximum atomic E-state index is 12.5. The fourth-order valence-electron chi connectivity index (χ4n) is 2.71. The molecule has 0 fully saturated rings. The summed E-state index contributed by atoms with van der Waals surface area (Å²) in [5.74, 6) is -0.991. The lowest BCUT2D eigenvalue weighted by Gasteiger charge is -2.27. The molecule has 0 bridgehead atoms. The summed E-state index contributed by atoms with van der Waals surface area (Å²) in [6.45, 7) is 4.88. The zero-order chi connectivity index (χ0) is 17.5. The molecule has 1 aliphatic heterocycles. The van der Waals surface area contributed by atoms with E-state index in [2.05, 4.69) is 5.32 Å². The molecule has 1 aromatic carbocycles. The first-order valence-corrected chi connectivity index (χ1v) is 8.42. The van der Waals surface area contributed by atoms with Crippen LogP contribution in [0.25, 0.3) is 0 Å². The molecule has 24 heavy (non-hydrogen) atoms. The van der Waals surface area contributed by atoms with Crippen LogP contribution in [0.4, 0.5) is 0 Å². The number of ether oxygens (including phenoxy) is 2. The third-order valence-corrected chi connectivity index (χ3v) is 4.12. The first-order valence-electron chi connectivity index (χ1n) is 8.04. The van der Waals surface area contributed by atoms with E-state index in [9.17, 15) is 9.59 Å². The summed E-state index contributed by atoms with van der Waals surface area (Å²) in [5, 5.41) is 3.23. The summed E-state index contributed by atoms with van der Waals surface area (Å²) < 4.78 is 10.6. The molecule has 0 aromatic heterocycles. The number of allylic oxidation sites excluding steroid dienone is 1. The van der Waals surface area contributed by atoms with Gasteiger partial charge in [-0.1, -0.05) is 36.7 Å². The normalized spacial score (nSPS) is 17.6. The summed E-state index contributed by atoms with van der Waals surface area (Å²) in [4.78, 5) is 24.4. The Morgan fingerprint density at radius 2 is 2.04 bits per heavy atom. The van der Waals surface area contributed by atoms with Crippen LogP contribution in [0, 0.1) is 0 Å². The van der Waals surface area contributed by atoms with Crippen LogP contribution in [0.2, 0.25) is 5.02 Å². The van der Waals surface area contributed by atoms with Crippen LogP contribution in [0.15, 0.2) is 35.5 Å². The molecular weight excluding hydrogens is 330 g/mol. The fraction of sp³-hybridized carbons (Fsp3) is 0.444. The third kappa shape index (κ3) is 4.58. The van der Waals surface area contributed by atoms with Gasteiger partial charge in [0, 0.05) is 29.7 Å². The smallest absolute Gasteiger partial charge is 0.336 e. The lowest BCUT2D eigenvalue weighted by Crippen LogP contribution is -2.34. The van der Waals surface area contributed by atoms with Gasteiger partial charge in [0.25, 0.3) is 0 Å². The summed E-state index contributed by atoms with van der Waals surface area (Å²) >= 11 is 6.26. The van der Waals surface area contributed by atoms with Gasteiger partial charge in [-0.05, 0) is 25.0 Å². The van der Waals surface area contributed by atoms with E-state index >= 15 is 0 Å². The predicted octanol–water partition coefficient (Wildman–Crippen LogP) is 3.19. The molecule has 1 amide bonds. The summed E-state index contributed by atoms with van der Waals surface area (Å²) in [6.07, 6.45) is 1.08. The highest BCUT2D eigenvalue weighted by Gasteiger charge is 2.33. The second-order valence-corrected chi connectivity index (χ2v) is 6.02. The summed E-state index contributed by atoms with van der Waals surface area (Å²) in [6, 6.07) is 7.23. The topological polar surface area (TPSA) is 64.6 Å². The van der Waals surface area contributed by atoms with E-state index in [1.54, 1.807) is 13.0 Å². The standard InChI is InChI=1S/C18H22ClNO4/c1-3-8-23-9-10-24-18(22)17-12(2)20-16(21)11-14(17)13-6-4-5-7-15(13)19/h4-7,14H,3,8-11H2,1-2H3,(H,20,21)/t14-/m0/s1. The number of esters is 1. The van der Waals surface area contributed by atoms with Crippen LogP contribution in [0.5, 0.6) is 0 Å². The Labute approximate surface area is 147 Å². The molecule has 1 heterocycles. The van der Waals surface area contributed by atoms with Gasteiger partial charge in [-0.3, -0.25) is 4.79 Å². The Morgan fingerprint density at radius 1 is 1.29 bits per heavy atom. The Hall–Kier alpha value is -1.85. The van der Waals surface area contributed by atoms with E-state index in [-0.39, 0.29) is 18.9 Å². The van der Waals surface area contributed by atoms with Crippen molar-refractivity contribution in [1.29, 1.82) is 0 Å². The Balaban J connectivity index is 2.17. The largest absolute Gasteiger partial charge is 0.460 e. The monoisotopic (exact) mass is 351 g/mol. The van der Waals surface area contributed by atoms with Gasteiger partial charge < -0.3 is 14.8 Å².